The maximum Gasteiger partial charge on any atom is 0.329 e. The van der Waals surface area contributed by atoms with E-state index in [-0.39, 0.29) is 51.1 Å². The predicted octanol–water partition coefficient (Wildman–Crippen LogP) is 0.329. The van der Waals surface area contributed by atoms with Gasteiger partial charge in [-0.15, -0.1) is 0 Å². The van der Waals surface area contributed by atoms with Crippen LogP contribution in [-0.2, 0) is 51.1 Å². The molecule has 0 aromatic heterocycles. The number of hydrogen-bond donors (Lipinski definition) is 4. The molecule has 3 aliphatic rings. The normalized spacial score (nSPS) is 27.2. The van der Waals surface area contributed by atoms with Crippen LogP contribution in [0.3, 0.4) is 0 Å². The molecule has 6 amide bonds. The summed E-state index contributed by atoms with van der Waals surface area (Å²) in [7, 11) is 1.41. The molecule has 0 saturated carbocycles. The molecular weight excluding hydrogens is 708 g/mol. The molecule has 3 saturated heterocycles. The van der Waals surface area contributed by atoms with Crippen molar-refractivity contribution < 1.29 is 43.4 Å². The van der Waals surface area contributed by atoms with E-state index in [9.17, 15) is 38.7 Å². The van der Waals surface area contributed by atoms with Crippen LogP contribution in [0.5, 0.6) is 0 Å². The van der Waals surface area contributed by atoms with Crippen molar-refractivity contribution in [2.45, 2.75) is 102 Å². The summed E-state index contributed by atoms with van der Waals surface area (Å²) in [6.07, 6.45) is -0.337. The predicted molar refractivity (Wildman–Crippen MR) is 200 cm³/mol. The van der Waals surface area contributed by atoms with Crippen LogP contribution in [0.15, 0.2) is 60.7 Å². The summed E-state index contributed by atoms with van der Waals surface area (Å²) in [5.74, 6) is -4.46. The van der Waals surface area contributed by atoms with E-state index >= 15 is 0 Å². The minimum Gasteiger partial charge on any atom is -0.458 e. The number of fused-ring (bicyclic) bond motifs is 2. The number of rotatable bonds is 9. The average Bonchev–Trinajstić information content (AvgIpc) is 3.82. The quantitative estimate of drug-likeness (QED) is 0.261. The molecular formula is C40H52N6O9. The number of ether oxygens (including phenoxy) is 1. The van der Waals surface area contributed by atoms with Crippen molar-refractivity contribution in [1.82, 2.24) is 30.7 Å². The van der Waals surface area contributed by atoms with Crippen molar-refractivity contribution >= 4 is 41.4 Å². The SMILES string of the molecule is C[C@@H]1C[C@H]2C(=O)O[C@@H](C)[C@H](NC(=O)[C@H](Cc3ccccc3)NC(=O)Cc3ccccc3)C(=O)N3CCC[C@H]3C(=O)N(C)[C@@H](CCO)C(=O)N[C@@H](C)C(=O)N2C1. The van der Waals surface area contributed by atoms with E-state index in [4.69, 9.17) is 4.74 Å². The summed E-state index contributed by atoms with van der Waals surface area (Å²) in [4.78, 5) is 101. The minimum atomic E-state index is -1.49. The topological polar surface area (TPSA) is 195 Å². The van der Waals surface area contributed by atoms with Crippen LogP contribution in [0.2, 0.25) is 0 Å². The zero-order valence-corrected chi connectivity index (χ0v) is 31.8. The molecule has 0 bridgehead atoms. The smallest absolute Gasteiger partial charge is 0.329 e. The summed E-state index contributed by atoms with van der Waals surface area (Å²) in [6.45, 7) is 4.76. The van der Waals surface area contributed by atoms with E-state index in [1.807, 2.05) is 31.2 Å². The number of benzene rings is 2. The molecule has 3 fully saturated rings. The molecule has 0 aliphatic carbocycles. The van der Waals surface area contributed by atoms with Gasteiger partial charge in [-0.05, 0) is 56.6 Å². The summed E-state index contributed by atoms with van der Waals surface area (Å²) in [5, 5.41) is 18.1. The number of hydrogen-bond acceptors (Lipinski definition) is 9. The number of nitrogens with one attached hydrogen (secondary N) is 3. The van der Waals surface area contributed by atoms with Gasteiger partial charge in [-0.1, -0.05) is 67.6 Å². The van der Waals surface area contributed by atoms with Crippen molar-refractivity contribution in [2.24, 2.45) is 5.92 Å². The zero-order valence-electron chi connectivity index (χ0n) is 31.8. The highest BCUT2D eigenvalue weighted by molar-refractivity contribution is 5.98. The first-order valence-electron chi connectivity index (χ1n) is 19.0. The molecule has 5 rings (SSSR count). The molecule has 0 radical (unpaired) electrons. The lowest BCUT2D eigenvalue weighted by Crippen LogP contribution is -2.62. The third kappa shape index (κ3) is 9.87. The van der Waals surface area contributed by atoms with Crippen LogP contribution in [0.25, 0.3) is 0 Å². The Morgan fingerprint density at radius 3 is 2.20 bits per heavy atom. The van der Waals surface area contributed by atoms with Crippen LogP contribution < -0.4 is 16.0 Å². The molecule has 0 unspecified atom stereocenters. The fourth-order valence-electron chi connectivity index (χ4n) is 7.66. The van der Waals surface area contributed by atoms with E-state index in [0.29, 0.717) is 6.42 Å². The number of carbonyl (C=O) groups excluding carboxylic acids is 7. The highest BCUT2D eigenvalue weighted by Gasteiger charge is 2.46. The van der Waals surface area contributed by atoms with Gasteiger partial charge in [0.15, 0.2) is 0 Å². The van der Waals surface area contributed by atoms with Crippen molar-refractivity contribution in [2.75, 3.05) is 26.7 Å². The lowest BCUT2D eigenvalue weighted by Gasteiger charge is -2.36. The lowest BCUT2D eigenvalue weighted by molar-refractivity contribution is -0.162. The lowest BCUT2D eigenvalue weighted by atomic mass is 10.0. The number of aliphatic hydroxyl groups is 1. The summed E-state index contributed by atoms with van der Waals surface area (Å²) in [5.41, 5.74) is 1.49. The minimum absolute atomic E-state index is 0.00379. The largest absolute Gasteiger partial charge is 0.458 e. The van der Waals surface area contributed by atoms with Gasteiger partial charge in [0.1, 0.15) is 42.4 Å². The van der Waals surface area contributed by atoms with Crippen LogP contribution in [0, 0.1) is 5.92 Å². The number of likely N-dealkylation sites (N-methyl/N-ethyl adjacent to an activating group) is 1. The summed E-state index contributed by atoms with van der Waals surface area (Å²) in [6, 6.07) is 11.2. The molecule has 15 heteroatoms. The second-order valence-corrected chi connectivity index (χ2v) is 14.8. The number of aliphatic hydroxyl groups excluding tert-OH is 1. The van der Waals surface area contributed by atoms with Gasteiger partial charge >= 0.3 is 5.97 Å². The third-order valence-corrected chi connectivity index (χ3v) is 10.6. The van der Waals surface area contributed by atoms with E-state index in [2.05, 4.69) is 16.0 Å². The summed E-state index contributed by atoms with van der Waals surface area (Å²) < 4.78 is 5.91. The Morgan fingerprint density at radius 2 is 1.55 bits per heavy atom. The van der Waals surface area contributed by atoms with Crippen molar-refractivity contribution in [3.8, 4) is 0 Å². The highest BCUT2D eigenvalue weighted by Crippen LogP contribution is 2.27. The van der Waals surface area contributed by atoms with Crippen LogP contribution in [-0.4, -0.2) is 130 Å². The Kier molecular flexibility index (Phi) is 13.6. The third-order valence-electron chi connectivity index (χ3n) is 10.6. The molecule has 3 aliphatic heterocycles. The maximum absolute atomic E-state index is 14.6. The van der Waals surface area contributed by atoms with Crippen LogP contribution in [0.4, 0.5) is 0 Å². The average molecular weight is 761 g/mol. The second-order valence-electron chi connectivity index (χ2n) is 14.8. The fraction of sp³-hybridized carbons (Fsp3) is 0.525. The Hall–Kier alpha value is -5.31. The maximum atomic E-state index is 14.6. The van der Waals surface area contributed by atoms with Gasteiger partial charge < -0.3 is 40.5 Å². The monoisotopic (exact) mass is 760 g/mol. The van der Waals surface area contributed by atoms with Gasteiger partial charge in [0.05, 0.1) is 6.42 Å². The first kappa shape index (κ1) is 40.9. The van der Waals surface area contributed by atoms with Gasteiger partial charge in [0, 0.05) is 33.2 Å². The van der Waals surface area contributed by atoms with Gasteiger partial charge in [0.25, 0.3) is 0 Å². The van der Waals surface area contributed by atoms with Crippen LogP contribution >= 0.6 is 0 Å². The van der Waals surface area contributed by atoms with Gasteiger partial charge in [-0.3, -0.25) is 28.8 Å². The van der Waals surface area contributed by atoms with E-state index < -0.39 is 90.4 Å². The van der Waals surface area contributed by atoms with Gasteiger partial charge in [-0.25, -0.2) is 4.79 Å². The van der Waals surface area contributed by atoms with Gasteiger partial charge in [0.2, 0.25) is 35.4 Å². The molecule has 0 spiro atoms. The summed E-state index contributed by atoms with van der Waals surface area (Å²) >= 11 is 0. The van der Waals surface area contributed by atoms with Crippen molar-refractivity contribution in [1.29, 1.82) is 0 Å². The molecule has 2 aromatic carbocycles. The van der Waals surface area contributed by atoms with Crippen molar-refractivity contribution in [3.05, 3.63) is 71.8 Å². The van der Waals surface area contributed by atoms with Gasteiger partial charge in [-0.2, -0.15) is 0 Å². The molecule has 3 heterocycles. The Labute approximate surface area is 321 Å². The molecule has 296 valence electrons. The molecule has 2 aromatic rings. The Balaban J connectivity index is 1.49. The Morgan fingerprint density at radius 1 is 0.891 bits per heavy atom. The molecule has 15 nitrogen and oxygen atoms in total. The molecule has 4 N–H and O–H groups in total. The first-order chi connectivity index (χ1) is 26.3. The number of carbonyl (C=O) groups is 7. The van der Waals surface area contributed by atoms with Crippen LogP contribution in [0.1, 0.15) is 57.6 Å². The fourth-order valence-corrected chi connectivity index (χ4v) is 7.66. The van der Waals surface area contributed by atoms with Crippen molar-refractivity contribution in [3.63, 3.8) is 0 Å². The number of esters is 1. The molecule has 8 atom stereocenters. The first-order valence-corrected chi connectivity index (χ1v) is 19.0. The second kappa shape index (κ2) is 18.3. The van der Waals surface area contributed by atoms with E-state index in [1.54, 1.807) is 36.4 Å². The highest BCUT2D eigenvalue weighted by atomic mass is 16.5. The number of nitrogens with zero attached hydrogens (tertiary/aromatic N) is 3. The number of amides is 6. The van der Waals surface area contributed by atoms with E-state index in [1.165, 1.54) is 35.6 Å². The zero-order chi connectivity index (χ0) is 39.8. The number of cyclic esters (lactones) is 1. The standard InChI is InChI=1S/C40H52N6O9/c1-24-20-32-40(54)55-26(3)34(43-35(49)29(21-27-12-7-5-8-13-27)42-33(48)22-28-14-9-6-10-15-28)39(53)45-18-11-16-31(45)38(52)44(4)30(17-19-47)36(50)41-25(2)37(51)46(32)23-24/h5-10,12-15,24-26,29-32,34,47H,11,16-23H2,1-4H3,(H,41,50)(H,42,48)(H,43,49)/t24-,25+,26+,29+,30+,31+,32+,34+/m1/s1. The van der Waals surface area contributed by atoms with E-state index in [0.717, 1.165) is 11.1 Å². The Bertz CT molecular complexity index is 1730. The molecule has 55 heavy (non-hydrogen) atoms.